The van der Waals surface area contributed by atoms with Crippen LogP contribution >= 0.6 is 11.6 Å². The first-order valence-corrected chi connectivity index (χ1v) is 7.79. The number of unbranched alkanes of at least 4 members (excludes halogenated alkanes) is 6. The molecule has 0 aliphatic rings. The van der Waals surface area contributed by atoms with E-state index in [4.69, 9.17) is 11.6 Å². The van der Waals surface area contributed by atoms with Crippen LogP contribution in [0.4, 0.5) is 0 Å². The SMILES string of the molecule is CCCCCCCCCC(Cl)Cc1ccncc1. The predicted molar refractivity (Wildman–Crippen MR) is 80.2 cm³/mol. The van der Waals surface area contributed by atoms with Gasteiger partial charge in [-0.1, -0.05) is 51.9 Å². The van der Waals surface area contributed by atoms with Gasteiger partial charge in [0.05, 0.1) is 0 Å². The normalized spacial score (nSPS) is 12.6. The first-order valence-electron chi connectivity index (χ1n) is 7.36. The third-order valence-corrected chi connectivity index (χ3v) is 3.70. The van der Waals surface area contributed by atoms with Gasteiger partial charge in [-0.25, -0.2) is 0 Å². The summed E-state index contributed by atoms with van der Waals surface area (Å²) in [7, 11) is 0. The molecule has 1 nitrogen and oxygen atoms in total. The van der Waals surface area contributed by atoms with Crippen LogP contribution in [0.25, 0.3) is 0 Å². The van der Waals surface area contributed by atoms with Crippen LogP contribution < -0.4 is 0 Å². The number of hydrogen-bond acceptors (Lipinski definition) is 1. The highest BCUT2D eigenvalue weighted by molar-refractivity contribution is 6.20. The summed E-state index contributed by atoms with van der Waals surface area (Å²) in [6, 6.07) is 4.11. The van der Waals surface area contributed by atoms with Crippen molar-refractivity contribution in [2.45, 2.75) is 70.1 Å². The number of nitrogens with zero attached hydrogens (tertiary/aromatic N) is 1. The molecule has 1 rings (SSSR count). The molecule has 18 heavy (non-hydrogen) atoms. The lowest BCUT2D eigenvalue weighted by molar-refractivity contribution is 0.567. The fraction of sp³-hybridized carbons (Fsp3) is 0.688. The van der Waals surface area contributed by atoms with E-state index in [1.807, 2.05) is 12.4 Å². The molecule has 0 bridgehead atoms. The Morgan fingerprint density at radius 1 is 1.00 bits per heavy atom. The maximum Gasteiger partial charge on any atom is 0.0376 e. The van der Waals surface area contributed by atoms with Gasteiger partial charge in [-0.05, 0) is 30.5 Å². The molecule has 1 heterocycles. The van der Waals surface area contributed by atoms with E-state index in [1.54, 1.807) is 0 Å². The molecule has 0 aliphatic carbocycles. The van der Waals surface area contributed by atoms with Crippen LogP contribution in [0.2, 0.25) is 0 Å². The van der Waals surface area contributed by atoms with Gasteiger partial charge in [-0.2, -0.15) is 0 Å². The minimum Gasteiger partial charge on any atom is -0.265 e. The Balaban J connectivity index is 1.99. The molecular formula is C16H26ClN. The molecule has 0 fully saturated rings. The van der Waals surface area contributed by atoms with Crippen LogP contribution in [-0.4, -0.2) is 10.4 Å². The Morgan fingerprint density at radius 3 is 2.28 bits per heavy atom. The van der Waals surface area contributed by atoms with Crippen LogP contribution in [-0.2, 0) is 6.42 Å². The van der Waals surface area contributed by atoms with Crippen molar-refractivity contribution in [3.8, 4) is 0 Å². The van der Waals surface area contributed by atoms with Crippen molar-refractivity contribution in [2.75, 3.05) is 0 Å². The number of rotatable bonds is 10. The van der Waals surface area contributed by atoms with Crippen molar-refractivity contribution in [3.63, 3.8) is 0 Å². The topological polar surface area (TPSA) is 12.9 Å². The van der Waals surface area contributed by atoms with Crippen molar-refractivity contribution in [1.82, 2.24) is 4.98 Å². The lowest BCUT2D eigenvalue weighted by Gasteiger charge is -2.09. The van der Waals surface area contributed by atoms with E-state index in [0.717, 1.165) is 12.8 Å². The van der Waals surface area contributed by atoms with Crippen molar-refractivity contribution in [3.05, 3.63) is 30.1 Å². The third kappa shape index (κ3) is 7.71. The van der Waals surface area contributed by atoms with E-state index in [9.17, 15) is 0 Å². The van der Waals surface area contributed by atoms with E-state index in [-0.39, 0.29) is 5.38 Å². The summed E-state index contributed by atoms with van der Waals surface area (Å²) in [5.74, 6) is 0. The molecule has 2 heteroatoms. The highest BCUT2D eigenvalue weighted by Crippen LogP contribution is 2.15. The second-order valence-corrected chi connectivity index (χ2v) is 5.68. The van der Waals surface area contributed by atoms with E-state index in [0.29, 0.717) is 0 Å². The zero-order valence-corrected chi connectivity index (χ0v) is 12.3. The number of halogens is 1. The van der Waals surface area contributed by atoms with Crippen LogP contribution in [0.3, 0.4) is 0 Å². The Kier molecular flexibility index (Phi) is 8.93. The number of alkyl halides is 1. The number of pyridine rings is 1. The number of aromatic nitrogens is 1. The van der Waals surface area contributed by atoms with Gasteiger partial charge in [0.2, 0.25) is 0 Å². The summed E-state index contributed by atoms with van der Waals surface area (Å²) in [5.41, 5.74) is 1.30. The maximum absolute atomic E-state index is 6.36. The van der Waals surface area contributed by atoms with E-state index < -0.39 is 0 Å². The molecule has 1 aromatic rings. The first kappa shape index (κ1) is 15.5. The summed E-state index contributed by atoms with van der Waals surface area (Å²) in [4.78, 5) is 4.02. The van der Waals surface area contributed by atoms with Crippen LogP contribution in [0, 0.1) is 0 Å². The summed E-state index contributed by atoms with van der Waals surface area (Å²) >= 11 is 6.36. The molecule has 0 aliphatic heterocycles. The molecule has 0 saturated heterocycles. The third-order valence-electron chi connectivity index (χ3n) is 3.33. The van der Waals surface area contributed by atoms with Crippen LogP contribution in [0.5, 0.6) is 0 Å². The summed E-state index contributed by atoms with van der Waals surface area (Å²) in [5, 5.41) is 0.281. The van der Waals surface area contributed by atoms with Gasteiger partial charge in [0.25, 0.3) is 0 Å². The molecule has 0 spiro atoms. The van der Waals surface area contributed by atoms with E-state index in [1.165, 1.54) is 50.5 Å². The highest BCUT2D eigenvalue weighted by Gasteiger charge is 2.05. The molecule has 1 unspecified atom stereocenters. The van der Waals surface area contributed by atoms with Crippen molar-refractivity contribution in [2.24, 2.45) is 0 Å². The minimum absolute atomic E-state index is 0.281. The minimum atomic E-state index is 0.281. The van der Waals surface area contributed by atoms with Crippen molar-refractivity contribution >= 4 is 11.6 Å². The van der Waals surface area contributed by atoms with E-state index in [2.05, 4.69) is 24.0 Å². The van der Waals surface area contributed by atoms with Gasteiger partial charge in [0, 0.05) is 17.8 Å². The van der Waals surface area contributed by atoms with Crippen molar-refractivity contribution in [1.29, 1.82) is 0 Å². The molecule has 1 aromatic heterocycles. The lowest BCUT2D eigenvalue weighted by atomic mass is 10.0. The van der Waals surface area contributed by atoms with Gasteiger partial charge in [0.1, 0.15) is 0 Å². The predicted octanol–water partition coefficient (Wildman–Crippen LogP) is 5.37. The molecule has 0 aromatic carbocycles. The summed E-state index contributed by atoms with van der Waals surface area (Å²) < 4.78 is 0. The highest BCUT2D eigenvalue weighted by atomic mass is 35.5. The monoisotopic (exact) mass is 267 g/mol. The van der Waals surface area contributed by atoms with Crippen LogP contribution in [0.15, 0.2) is 24.5 Å². The lowest BCUT2D eigenvalue weighted by Crippen LogP contribution is -2.03. The first-order chi connectivity index (χ1) is 8.83. The quantitative estimate of drug-likeness (QED) is 0.410. The van der Waals surface area contributed by atoms with Crippen molar-refractivity contribution < 1.29 is 0 Å². The van der Waals surface area contributed by atoms with Gasteiger partial charge >= 0.3 is 0 Å². The fourth-order valence-electron chi connectivity index (χ4n) is 2.20. The second kappa shape index (κ2) is 10.4. The smallest absolute Gasteiger partial charge is 0.0376 e. The van der Waals surface area contributed by atoms with E-state index >= 15 is 0 Å². The Labute approximate surface area is 117 Å². The maximum atomic E-state index is 6.36. The average Bonchev–Trinajstić information content (AvgIpc) is 2.39. The Morgan fingerprint density at radius 2 is 1.61 bits per heavy atom. The van der Waals surface area contributed by atoms with Gasteiger partial charge in [-0.3, -0.25) is 4.98 Å². The average molecular weight is 268 g/mol. The summed E-state index contributed by atoms with van der Waals surface area (Å²) in [6.07, 6.45) is 15.3. The zero-order chi connectivity index (χ0) is 13.1. The standard InChI is InChI=1S/C16H26ClN/c1-2-3-4-5-6-7-8-9-16(17)14-15-10-12-18-13-11-15/h10-13,16H,2-9,14H2,1H3. The molecule has 1 atom stereocenters. The van der Waals surface area contributed by atoms with Crippen LogP contribution in [0.1, 0.15) is 63.9 Å². The fourth-order valence-corrected chi connectivity index (χ4v) is 2.53. The zero-order valence-electron chi connectivity index (χ0n) is 11.6. The molecule has 0 amide bonds. The second-order valence-electron chi connectivity index (χ2n) is 5.07. The molecule has 102 valence electrons. The van der Waals surface area contributed by atoms with Gasteiger partial charge in [-0.15, -0.1) is 11.6 Å². The largest absolute Gasteiger partial charge is 0.265 e. The molecule has 0 N–H and O–H groups in total. The molecule has 0 saturated carbocycles. The Bertz CT molecular complexity index is 286. The molecule has 0 radical (unpaired) electrons. The molecular weight excluding hydrogens is 242 g/mol. The summed E-state index contributed by atoms with van der Waals surface area (Å²) in [6.45, 7) is 2.26. The number of hydrogen-bond donors (Lipinski definition) is 0. The van der Waals surface area contributed by atoms with Gasteiger partial charge < -0.3 is 0 Å². The Hall–Kier alpha value is -0.560. The van der Waals surface area contributed by atoms with Gasteiger partial charge in [0.15, 0.2) is 0 Å².